The Labute approximate surface area is 147 Å². The molecule has 0 saturated carbocycles. The number of imidazole rings is 1. The number of benzene rings is 1. The van der Waals surface area contributed by atoms with Gasteiger partial charge in [-0.15, -0.1) is 0 Å². The molecule has 1 aliphatic heterocycles. The molecule has 1 amide bonds. The predicted molar refractivity (Wildman–Crippen MR) is 97.1 cm³/mol. The number of nitrogens with zero attached hydrogens (tertiary/aromatic N) is 4. The summed E-state index contributed by atoms with van der Waals surface area (Å²) < 4.78 is 1.99. The van der Waals surface area contributed by atoms with Crippen molar-refractivity contribution in [2.24, 2.45) is 7.05 Å². The van der Waals surface area contributed by atoms with Crippen LogP contribution in [0.1, 0.15) is 22.9 Å². The normalized spacial score (nSPS) is 17.6. The number of H-pyrrole nitrogens is 1. The van der Waals surface area contributed by atoms with Crippen LogP contribution in [0.4, 0.5) is 0 Å². The van der Waals surface area contributed by atoms with Crippen LogP contribution in [0.25, 0.3) is 10.9 Å². The second-order valence-corrected chi connectivity index (χ2v) is 7.00. The average Bonchev–Trinajstić information content (AvgIpc) is 3.21. The van der Waals surface area contributed by atoms with E-state index >= 15 is 0 Å². The number of amides is 1. The van der Waals surface area contributed by atoms with Crippen molar-refractivity contribution in [3.63, 3.8) is 0 Å². The number of aromatic amines is 1. The largest absolute Gasteiger partial charge is 0.361 e. The van der Waals surface area contributed by atoms with E-state index in [4.69, 9.17) is 0 Å². The SMILES string of the molecule is CN(C)C(=O)C1CN(Cc2cccc3[nH]ccc23)Cc2ncn(C)c21. The van der Waals surface area contributed by atoms with Gasteiger partial charge < -0.3 is 14.5 Å². The van der Waals surface area contributed by atoms with Crippen molar-refractivity contribution in [1.82, 2.24) is 24.3 Å². The number of hydrogen-bond donors (Lipinski definition) is 1. The van der Waals surface area contributed by atoms with Crippen molar-refractivity contribution in [3.8, 4) is 0 Å². The molecule has 25 heavy (non-hydrogen) atoms. The van der Waals surface area contributed by atoms with Gasteiger partial charge in [0.15, 0.2) is 0 Å². The van der Waals surface area contributed by atoms with Gasteiger partial charge in [0.2, 0.25) is 5.91 Å². The van der Waals surface area contributed by atoms with E-state index in [1.165, 1.54) is 10.9 Å². The topological polar surface area (TPSA) is 57.2 Å². The zero-order valence-corrected chi connectivity index (χ0v) is 14.9. The van der Waals surface area contributed by atoms with E-state index in [1.807, 2.05) is 38.2 Å². The highest BCUT2D eigenvalue weighted by atomic mass is 16.2. The third kappa shape index (κ3) is 2.72. The van der Waals surface area contributed by atoms with E-state index in [-0.39, 0.29) is 11.8 Å². The molecule has 6 heteroatoms. The van der Waals surface area contributed by atoms with Crippen LogP contribution in [0.2, 0.25) is 0 Å². The van der Waals surface area contributed by atoms with Crippen molar-refractivity contribution in [1.29, 1.82) is 0 Å². The van der Waals surface area contributed by atoms with Gasteiger partial charge in [0, 0.05) is 57.9 Å². The number of likely N-dealkylation sites (N-methyl/N-ethyl adjacent to an activating group) is 1. The number of fused-ring (bicyclic) bond motifs is 2. The maximum atomic E-state index is 12.7. The van der Waals surface area contributed by atoms with Crippen molar-refractivity contribution in [2.45, 2.75) is 19.0 Å². The Morgan fingerprint density at radius 2 is 2.20 bits per heavy atom. The average molecular weight is 337 g/mol. The molecule has 0 radical (unpaired) electrons. The maximum Gasteiger partial charge on any atom is 0.232 e. The van der Waals surface area contributed by atoms with Gasteiger partial charge in [0.1, 0.15) is 0 Å². The highest BCUT2D eigenvalue weighted by Crippen LogP contribution is 2.30. The fourth-order valence-corrected chi connectivity index (χ4v) is 3.83. The number of aryl methyl sites for hydroxylation is 1. The van der Waals surface area contributed by atoms with Crippen LogP contribution in [0.5, 0.6) is 0 Å². The molecule has 130 valence electrons. The van der Waals surface area contributed by atoms with Crippen molar-refractivity contribution in [2.75, 3.05) is 20.6 Å². The summed E-state index contributed by atoms with van der Waals surface area (Å²) in [5.41, 5.74) is 4.48. The number of aromatic nitrogens is 3. The van der Waals surface area contributed by atoms with Crippen molar-refractivity contribution >= 4 is 16.8 Å². The lowest BCUT2D eigenvalue weighted by molar-refractivity contribution is -0.131. The van der Waals surface area contributed by atoms with Crippen LogP contribution in [-0.2, 0) is 24.9 Å². The van der Waals surface area contributed by atoms with Gasteiger partial charge in [-0.2, -0.15) is 0 Å². The number of hydrogen-bond acceptors (Lipinski definition) is 3. The first-order valence-corrected chi connectivity index (χ1v) is 8.53. The summed E-state index contributed by atoms with van der Waals surface area (Å²) in [6, 6.07) is 8.44. The highest BCUT2D eigenvalue weighted by Gasteiger charge is 2.34. The quantitative estimate of drug-likeness (QED) is 0.796. The molecule has 1 unspecified atom stereocenters. The van der Waals surface area contributed by atoms with Crippen molar-refractivity contribution < 1.29 is 4.79 Å². The second kappa shape index (κ2) is 6.04. The van der Waals surface area contributed by atoms with Gasteiger partial charge >= 0.3 is 0 Å². The minimum absolute atomic E-state index is 0.134. The first kappa shape index (κ1) is 15.9. The summed E-state index contributed by atoms with van der Waals surface area (Å²) in [6.45, 7) is 2.29. The molecule has 0 aliphatic carbocycles. The van der Waals surface area contributed by atoms with Gasteiger partial charge in [0.25, 0.3) is 0 Å². The van der Waals surface area contributed by atoms with E-state index in [1.54, 1.807) is 4.90 Å². The van der Waals surface area contributed by atoms with E-state index in [9.17, 15) is 4.79 Å². The van der Waals surface area contributed by atoms with Crippen LogP contribution in [0.15, 0.2) is 36.8 Å². The Hall–Kier alpha value is -2.60. The van der Waals surface area contributed by atoms with E-state index in [2.05, 4.69) is 39.1 Å². The molecule has 3 heterocycles. The van der Waals surface area contributed by atoms with Crippen LogP contribution >= 0.6 is 0 Å². The van der Waals surface area contributed by atoms with Crippen molar-refractivity contribution in [3.05, 3.63) is 53.7 Å². The molecule has 4 rings (SSSR count). The van der Waals surface area contributed by atoms with Gasteiger partial charge in [-0.25, -0.2) is 4.98 Å². The fraction of sp³-hybridized carbons (Fsp3) is 0.368. The van der Waals surface area contributed by atoms with Crippen LogP contribution in [0, 0.1) is 0 Å². The van der Waals surface area contributed by atoms with E-state index in [0.717, 1.165) is 30.0 Å². The zero-order valence-electron chi connectivity index (χ0n) is 14.9. The number of carbonyl (C=O) groups is 1. The number of carbonyl (C=O) groups excluding carboxylic acids is 1. The highest BCUT2D eigenvalue weighted by molar-refractivity contribution is 5.84. The Bertz CT molecular complexity index is 923. The van der Waals surface area contributed by atoms with Gasteiger partial charge in [-0.1, -0.05) is 12.1 Å². The fourth-order valence-electron chi connectivity index (χ4n) is 3.83. The third-order valence-corrected chi connectivity index (χ3v) is 5.02. The standard InChI is InChI=1S/C19H23N5O/c1-22(2)19(25)15-10-24(11-17-18(15)23(3)12-21-17)9-13-5-4-6-16-14(13)7-8-20-16/h4-8,12,15,20H,9-11H2,1-3H3. The Morgan fingerprint density at radius 3 is 3.00 bits per heavy atom. The second-order valence-electron chi connectivity index (χ2n) is 7.00. The van der Waals surface area contributed by atoms with E-state index in [0.29, 0.717) is 6.54 Å². The number of rotatable bonds is 3. The first-order valence-electron chi connectivity index (χ1n) is 8.53. The molecule has 0 spiro atoms. The van der Waals surface area contributed by atoms with Gasteiger partial charge in [-0.3, -0.25) is 9.69 Å². The molecule has 0 fully saturated rings. The summed E-state index contributed by atoms with van der Waals surface area (Å²) in [5, 5.41) is 1.24. The van der Waals surface area contributed by atoms with Gasteiger partial charge in [0.05, 0.1) is 23.6 Å². The molecule has 3 aromatic rings. The molecule has 1 aliphatic rings. The summed E-state index contributed by atoms with van der Waals surface area (Å²) in [7, 11) is 5.60. The molecule has 1 N–H and O–H groups in total. The monoisotopic (exact) mass is 337 g/mol. The minimum atomic E-state index is -0.170. The maximum absolute atomic E-state index is 12.7. The lowest BCUT2D eigenvalue weighted by atomic mass is 9.96. The van der Waals surface area contributed by atoms with Crippen LogP contribution in [-0.4, -0.2) is 50.9 Å². The minimum Gasteiger partial charge on any atom is -0.361 e. The molecular weight excluding hydrogens is 314 g/mol. The molecule has 2 aromatic heterocycles. The molecular formula is C19H23N5O. The zero-order chi connectivity index (χ0) is 17.6. The Kier molecular flexibility index (Phi) is 3.84. The smallest absolute Gasteiger partial charge is 0.232 e. The molecule has 0 saturated heterocycles. The molecule has 1 aromatic carbocycles. The van der Waals surface area contributed by atoms with Crippen LogP contribution < -0.4 is 0 Å². The molecule has 1 atom stereocenters. The summed E-state index contributed by atoms with van der Waals surface area (Å²) in [6.07, 6.45) is 3.79. The molecule has 0 bridgehead atoms. The number of nitrogens with one attached hydrogen (secondary N) is 1. The molecule has 6 nitrogen and oxygen atoms in total. The summed E-state index contributed by atoms with van der Waals surface area (Å²) in [4.78, 5) is 24.5. The Morgan fingerprint density at radius 1 is 1.36 bits per heavy atom. The van der Waals surface area contributed by atoms with Gasteiger partial charge in [-0.05, 0) is 17.7 Å². The predicted octanol–water partition coefficient (Wildman–Crippen LogP) is 2.09. The summed E-state index contributed by atoms with van der Waals surface area (Å²) >= 11 is 0. The lowest BCUT2D eigenvalue weighted by Gasteiger charge is -2.33. The lowest BCUT2D eigenvalue weighted by Crippen LogP contribution is -2.41. The first-order chi connectivity index (χ1) is 12.0. The third-order valence-electron chi connectivity index (χ3n) is 5.02. The summed E-state index contributed by atoms with van der Waals surface area (Å²) in [5.74, 6) is -0.0360. The Balaban J connectivity index is 1.66. The van der Waals surface area contributed by atoms with E-state index < -0.39 is 0 Å². The van der Waals surface area contributed by atoms with Crippen LogP contribution in [0.3, 0.4) is 0 Å².